The third-order valence-electron chi connectivity index (χ3n) is 5.62. The molecular formula is C18H26FNO. The summed E-state index contributed by atoms with van der Waals surface area (Å²) in [5, 5.41) is 3.72. The summed E-state index contributed by atoms with van der Waals surface area (Å²) in [7, 11) is 1.51. The predicted molar refractivity (Wildman–Crippen MR) is 82.9 cm³/mol. The molecule has 5 atom stereocenters. The Hall–Kier alpha value is -1.09. The lowest BCUT2D eigenvalue weighted by molar-refractivity contribution is 0.248. The van der Waals surface area contributed by atoms with Crippen LogP contribution in [0.15, 0.2) is 18.2 Å². The first-order valence-corrected chi connectivity index (χ1v) is 8.18. The average Bonchev–Trinajstić information content (AvgIpc) is 3.10. The zero-order chi connectivity index (χ0) is 15.0. The van der Waals surface area contributed by atoms with Crippen molar-refractivity contribution >= 4 is 0 Å². The lowest BCUT2D eigenvalue weighted by Crippen LogP contribution is -2.37. The van der Waals surface area contributed by atoms with E-state index in [9.17, 15) is 4.39 Å². The number of ether oxygens (including phenoxy) is 1. The first-order valence-electron chi connectivity index (χ1n) is 8.18. The Morgan fingerprint density at radius 2 is 2.05 bits per heavy atom. The maximum absolute atomic E-state index is 13.5. The van der Waals surface area contributed by atoms with Gasteiger partial charge in [-0.1, -0.05) is 12.5 Å². The Kier molecular flexibility index (Phi) is 4.21. The highest BCUT2D eigenvalue weighted by atomic mass is 19.1. The second-order valence-electron chi connectivity index (χ2n) is 6.91. The summed E-state index contributed by atoms with van der Waals surface area (Å²) in [6.45, 7) is 4.46. The maximum Gasteiger partial charge on any atom is 0.165 e. The van der Waals surface area contributed by atoms with Crippen molar-refractivity contribution in [2.24, 2.45) is 17.8 Å². The number of nitrogens with one attached hydrogen (secondary N) is 1. The van der Waals surface area contributed by atoms with Crippen LogP contribution in [0.2, 0.25) is 0 Å². The molecule has 2 nitrogen and oxygen atoms in total. The lowest BCUT2D eigenvalue weighted by atomic mass is 9.83. The predicted octanol–water partition coefficient (Wildman–Crippen LogP) is 4.31. The molecule has 5 unspecified atom stereocenters. The van der Waals surface area contributed by atoms with Crippen molar-refractivity contribution in [1.82, 2.24) is 5.32 Å². The molecule has 0 amide bonds. The Balaban J connectivity index is 1.64. The minimum atomic E-state index is -0.297. The Labute approximate surface area is 127 Å². The van der Waals surface area contributed by atoms with Crippen molar-refractivity contribution in [3.63, 3.8) is 0 Å². The monoisotopic (exact) mass is 291 g/mol. The highest BCUT2D eigenvalue weighted by Crippen LogP contribution is 2.49. The van der Waals surface area contributed by atoms with Crippen molar-refractivity contribution in [3.05, 3.63) is 29.6 Å². The maximum atomic E-state index is 13.5. The van der Waals surface area contributed by atoms with Gasteiger partial charge in [0.2, 0.25) is 0 Å². The van der Waals surface area contributed by atoms with E-state index in [-0.39, 0.29) is 11.9 Å². The average molecular weight is 291 g/mol. The van der Waals surface area contributed by atoms with Crippen LogP contribution in [0.1, 0.15) is 51.1 Å². The van der Waals surface area contributed by atoms with Crippen LogP contribution in [0, 0.1) is 23.6 Å². The fourth-order valence-corrected chi connectivity index (χ4v) is 4.47. The normalized spacial score (nSPS) is 30.4. The minimum Gasteiger partial charge on any atom is -0.494 e. The van der Waals surface area contributed by atoms with Gasteiger partial charge in [0.15, 0.2) is 11.6 Å². The van der Waals surface area contributed by atoms with E-state index >= 15 is 0 Å². The van der Waals surface area contributed by atoms with Gasteiger partial charge in [0, 0.05) is 12.1 Å². The Bertz CT molecular complexity index is 504. The van der Waals surface area contributed by atoms with E-state index in [4.69, 9.17) is 4.74 Å². The summed E-state index contributed by atoms with van der Waals surface area (Å²) < 4.78 is 18.6. The van der Waals surface area contributed by atoms with Crippen LogP contribution in [0.3, 0.4) is 0 Å². The third-order valence-corrected chi connectivity index (χ3v) is 5.62. The summed E-state index contributed by atoms with van der Waals surface area (Å²) in [6.07, 6.45) is 5.69. The van der Waals surface area contributed by atoms with E-state index in [0.29, 0.717) is 11.8 Å². The summed E-state index contributed by atoms with van der Waals surface area (Å²) >= 11 is 0. The number of benzene rings is 1. The van der Waals surface area contributed by atoms with Crippen LogP contribution >= 0.6 is 0 Å². The standard InChI is InChI=1S/C18H26FNO/c1-11(14-6-7-17(19)18(10-14)21-3)20-12(2)16-9-13-4-5-15(16)8-13/h6-7,10-13,15-16,20H,4-5,8-9H2,1-3H3. The van der Waals surface area contributed by atoms with Gasteiger partial charge in [0.1, 0.15) is 0 Å². The molecular weight excluding hydrogens is 265 g/mol. The summed E-state index contributed by atoms with van der Waals surface area (Å²) in [4.78, 5) is 0. The molecule has 2 aliphatic carbocycles. The molecule has 116 valence electrons. The largest absolute Gasteiger partial charge is 0.494 e. The number of fused-ring (bicyclic) bond motifs is 2. The molecule has 0 aliphatic heterocycles. The number of rotatable bonds is 5. The lowest BCUT2D eigenvalue weighted by Gasteiger charge is -2.31. The molecule has 0 heterocycles. The molecule has 0 radical (unpaired) electrons. The highest BCUT2D eigenvalue weighted by Gasteiger charge is 2.41. The second kappa shape index (κ2) is 5.96. The fourth-order valence-electron chi connectivity index (χ4n) is 4.47. The van der Waals surface area contributed by atoms with Crippen LogP contribution in [-0.4, -0.2) is 13.2 Å². The third kappa shape index (κ3) is 2.94. The zero-order valence-electron chi connectivity index (χ0n) is 13.2. The molecule has 2 saturated carbocycles. The van der Waals surface area contributed by atoms with Crippen LogP contribution < -0.4 is 10.1 Å². The minimum absolute atomic E-state index is 0.216. The van der Waals surface area contributed by atoms with Crippen molar-refractivity contribution in [3.8, 4) is 5.75 Å². The molecule has 0 aromatic heterocycles. The molecule has 2 bridgehead atoms. The van der Waals surface area contributed by atoms with Crippen molar-refractivity contribution in [2.45, 2.75) is 51.6 Å². The van der Waals surface area contributed by atoms with E-state index in [1.54, 1.807) is 6.07 Å². The summed E-state index contributed by atoms with van der Waals surface area (Å²) in [5.41, 5.74) is 1.09. The zero-order valence-corrected chi connectivity index (χ0v) is 13.2. The molecule has 21 heavy (non-hydrogen) atoms. The van der Waals surface area contributed by atoms with Gasteiger partial charge in [-0.2, -0.15) is 0 Å². The van der Waals surface area contributed by atoms with E-state index in [0.717, 1.165) is 23.3 Å². The number of methoxy groups -OCH3 is 1. The first kappa shape index (κ1) is 14.8. The molecule has 3 rings (SSSR count). The molecule has 0 spiro atoms. The molecule has 2 aliphatic rings. The van der Waals surface area contributed by atoms with Crippen LogP contribution in [-0.2, 0) is 0 Å². The van der Waals surface area contributed by atoms with Gasteiger partial charge in [-0.25, -0.2) is 4.39 Å². The summed E-state index contributed by atoms with van der Waals surface area (Å²) in [6, 6.07) is 5.89. The van der Waals surface area contributed by atoms with Gasteiger partial charge in [0.05, 0.1) is 7.11 Å². The number of hydrogen-bond acceptors (Lipinski definition) is 2. The van der Waals surface area contributed by atoms with Gasteiger partial charge >= 0.3 is 0 Å². The molecule has 1 aromatic carbocycles. The fraction of sp³-hybridized carbons (Fsp3) is 0.667. The topological polar surface area (TPSA) is 21.3 Å². The van der Waals surface area contributed by atoms with Gasteiger partial charge in [-0.05, 0) is 68.6 Å². The van der Waals surface area contributed by atoms with Crippen LogP contribution in [0.4, 0.5) is 4.39 Å². The Morgan fingerprint density at radius 1 is 1.24 bits per heavy atom. The molecule has 2 fully saturated rings. The molecule has 1 aromatic rings. The van der Waals surface area contributed by atoms with E-state index in [2.05, 4.69) is 19.2 Å². The van der Waals surface area contributed by atoms with E-state index in [1.807, 2.05) is 6.07 Å². The van der Waals surface area contributed by atoms with Crippen molar-refractivity contribution < 1.29 is 9.13 Å². The van der Waals surface area contributed by atoms with Crippen molar-refractivity contribution in [1.29, 1.82) is 0 Å². The van der Waals surface area contributed by atoms with Crippen LogP contribution in [0.25, 0.3) is 0 Å². The van der Waals surface area contributed by atoms with E-state index < -0.39 is 0 Å². The number of hydrogen-bond donors (Lipinski definition) is 1. The van der Waals surface area contributed by atoms with Gasteiger partial charge in [0.25, 0.3) is 0 Å². The second-order valence-corrected chi connectivity index (χ2v) is 6.91. The van der Waals surface area contributed by atoms with E-state index in [1.165, 1.54) is 38.9 Å². The quantitative estimate of drug-likeness (QED) is 0.873. The summed E-state index contributed by atoms with van der Waals surface area (Å²) in [5.74, 6) is 2.75. The smallest absolute Gasteiger partial charge is 0.165 e. The first-order chi connectivity index (χ1) is 10.1. The molecule has 3 heteroatoms. The van der Waals surface area contributed by atoms with Gasteiger partial charge < -0.3 is 10.1 Å². The highest BCUT2D eigenvalue weighted by molar-refractivity contribution is 5.32. The van der Waals surface area contributed by atoms with Crippen LogP contribution in [0.5, 0.6) is 5.75 Å². The van der Waals surface area contributed by atoms with Crippen molar-refractivity contribution in [2.75, 3.05) is 7.11 Å². The van der Waals surface area contributed by atoms with Gasteiger partial charge in [-0.3, -0.25) is 0 Å². The van der Waals surface area contributed by atoms with Gasteiger partial charge in [-0.15, -0.1) is 0 Å². The number of halogens is 1. The molecule has 0 saturated heterocycles. The SMILES string of the molecule is COc1cc(C(C)NC(C)C2CC3CCC2C3)ccc1F. The Morgan fingerprint density at radius 3 is 2.67 bits per heavy atom. The molecule has 1 N–H and O–H groups in total.